The monoisotopic (exact) mass is 295 g/mol. The van der Waals surface area contributed by atoms with E-state index in [0.717, 1.165) is 26.2 Å². The minimum atomic E-state index is 0.535. The van der Waals surface area contributed by atoms with Crippen molar-refractivity contribution >= 4 is 22.7 Å². The van der Waals surface area contributed by atoms with Crippen molar-refractivity contribution in [3.63, 3.8) is 0 Å². The van der Waals surface area contributed by atoms with E-state index in [1.807, 2.05) is 11.3 Å². The van der Waals surface area contributed by atoms with Gasteiger partial charge in [0.05, 0.1) is 13.2 Å². The summed E-state index contributed by atoms with van der Waals surface area (Å²) in [6, 6.07) is 9.15. The average molecular weight is 295 g/mol. The van der Waals surface area contributed by atoms with Gasteiger partial charge in [-0.25, -0.2) is 0 Å². The molecule has 19 heavy (non-hydrogen) atoms. The minimum Gasteiger partial charge on any atom is -0.376 e. The Kier molecular flexibility index (Phi) is 6.04. The summed E-state index contributed by atoms with van der Waals surface area (Å²) in [5, 5.41) is 5.55. The van der Waals surface area contributed by atoms with E-state index in [4.69, 9.17) is 4.74 Å². The van der Waals surface area contributed by atoms with Gasteiger partial charge in [0.2, 0.25) is 0 Å². The van der Waals surface area contributed by atoms with Gasteiger partial charge in [0.15, 0.2) is 0 Å². The normalized spacial score (nSPS) is 11.3. The first-order valence-corrected chi connectivity index (χ1v) is 8.35. The Morgan fingerprint density at radius 2 is 2.00 bits per heavy atom. The molecule has 0 aliphatic rings. The molecule has 0 unspecified atom stereocenters. The number of rotatable bonds is 8. The molecule has 2 nitrogen and oxygen atoms in total. The second-order valence-corrected chi connectivity index (χ2v) is 7.07. The van der Waals surface area contributed by atoms with Crippen LogP contribution < -0.4 is 5.32 Å². The maximum Gasteiger partial charge on any atom is 0.0809 e. The van der Waals surface area contributed by atoms with Crippen LogP contribution in [0.2, 0.25) is 0 Å². The molecule has 4 heteroatoms. The van der Waals surface area contributed by atoms with Crippen LogP contribution in [-0.2, 0) is 24.3 Å². The van der Waals surface area contributed by atoms with Crippen LogP contribution in [0.1, 0.15) is 28.5 Å². The van der Waals surface area contributed by atoms with Gasteiger partial charge in [-0.05, 0) is 23.6 Å². The van der Waals surface area contributed by atoms with Gasteiger partial charge >= 0.3 is 0 Å². The van der Waals surface area contributed by atoms with Gasteiger partial charge in [0.25, 0.3) is 0 Å². The zero-order valence-corrected chi connectivity index (χ0v) is 13.2. The van der Waals surface area contributed by atoms with Gasteiger partial charge in [-0.1, -0.05) is 19.9 Å². The highest BCUT2D eigenvalue weighted by atomic mass is 32.1. The molecular weight excluding hydrogens is 274 g/mol. The van der Waals surface area contributed by atoms with Crippen molar-refractivity contribution in [2.75, 3.05) is 6.61 Å². The molecule has 0 saturated heterocycles. The summed E-state index contributed by atoms with van der Waals surface area (Å²) in [5.41, 5.74) is 0. The van der Waals surface area contributed by atoms with Crippen LogP contribution in [0.5, 0.6) is 0 Å². The summed E-state index contributed by atoms with van der Waals surface area (Å²) in [4.78, 5) is 4.09. The SMILES string of the molecule is CC(C)NCc1ccc(COCCc2cccs2)s1. The van der Waals surface area contributed by atoms with Crippen molar-refractivity contribution in [2.24, 2.45) is 0 Å². The average Bonchev–Trinajstić information content (AvgIpc) is 3.04. The topological polar surface area (TPSA) is 21.3 Å². The minimum absolute atomic E-state index is 0.535. The number of thiophene rings is 2. The molecule has 0 spiro atoms. The number of ether oxygens (including phenoxy) is 1. The lowest BCUT2D eigenvalue weighted by molar-refractivity contribution is 0.126. The predicted octanol–water partition coefficient (Wildman–Crippen LogP) is 4.07. The quantitative estimate of drug-likeness (QED) is 0.741. The van der Waals surface area contributed by atoms with Gasteiger partial charge in [-0.3, -0.25) is 0 Å². The third kappa shape index (κ3) is 5.45. The summed E-state index contributed by atoms with van der Waals surface area (Å²) >= 11 is 3.63. The smallest absolute Gasteiger partial charge is 0.0809 e. The Morgan fingerprint density at radius 3 is 2.74 bits per heavy atom. The van der Waals surface area contributed by atoms with Crippen LogP contribution in [0.4, 0.5) is 0 Å². The molecule has 0 saturated carbocycles. The van der Waals surface area contributed by atoms with Crippen LogP contribution in [0.3, 0.4) is 0 Å². The van der Waals surface area contributed by atoms with Crippen molar-refractivity contribution in [1.82, 2.24) is 5.32 Å². The number of nitrogens with one attached hydrogen (secondary N) is 1. The second kappa shape index (κ2) is 7.80. The molecule has 0 atom stereocenters. The second-order valence-electron chi connectivity index (χ2n) is 4.79. The standard InChI is InChI=1S/C15H21NOS2/c1-12(2)16-10-14-5-6-15(19-14)11-17-8-7-13-4-3-9-18-13/h3-6,9,12,16H,7-8,10-11H2,1-2H3. The molecule has 0 fully saturated rings. The maximum atomic E-state index is 5.73. The van der Waals surface area contributed by atoms with Crippen LogP contribution in [0.15, 0.2) is 29.6 Å². The molecule has 2 heterocycles. The highest BCUT2D eigenvalue weighted by molar-refractivity contribution is 7.12. The lowest BCUT2D eigenvalue weighted by Gasteiger charge is -2.05. The van der Waals surface area contributed by atoms with Crippen molar-refractivity contribution in [3.8, 4) is 0 Å². The highest BCUT2D eigenvalue weighted by Gasteiger charge is 2.02. The summed E-state index contributed by atoms with van der Waals surface area (Å²) in [6.45, 7) is 6.83. The third-order valence-corrected chi connectivity index (χ3v) is 4.71. The molecule has 2 aromatic heterocycles. The van der Waals surface area contributed by atoms with Gasteiger partial charge in [0, 0.05) is 33.6 Å². The van der Waals surface area contributed by atoms with Crippen LogP contribution >= 0.6 is 22.7 Å². The molecule has 0 bridgehead atoms. The highest BCUT2D eigenvalue weighted by Crippen LogP contribution is 2.17. The summed E-state index contributed by atoms with van der Waals surface area (Å²) in [5.74, 6) is 0. The molecule has 0 radical (unpaired) electrons. The number of hydrogen-bond acceptors (Lipinski definition) is 4. The maximum absolute atomic E-state index is 5.73. The molecule has 104 valence electrons. The van der Waals surface area contributed by atoms with E-state index in [2.05, 4.69) is 48.8 Å². The van der Waals surface area contributed by atoms with Gasteiger partial charge < -0.3 is 10.1 Å². The molecule has 1 N–H and O–H groups in total. The van der Waals surface area contributed by atoms with E-state index in [0.29, 0.717) is 6.04 Å². The fraction of sp³-hybridized carbons (Fsp3) is 0.467. The first-order valence-electron chi connectivity index (χ1n) is 6.65. The van der Waals surface area contributed by atoms with E-state index >= 15 is 0 Å². The number of hydrogen-bond donors (Lipinski definition) is 1. The first-order chi connectivity index (χ1) is 9.24. The zero-order valence-electron chi connectivity index (χ0n) is 11.5. The first kappa shape index (κ1) is 14.7. The third-order valence-electron chi connectivity index (χ3n) is 2.72. The van der Waals surface area contributed by atoms with Crippen LogP contribution in [-0.4, -0.2) is 12.6 Å². The van der Waals surface area contributed by atoms with Crippen molar-refractivity contribution in [1.29, 1.82) is 0 Å². The van der Waals surface area contributed by atoms with Gasteiger partial charge in [-0.15, -0.1) is 22.7 Å². The van der Waals surface area contributed by atoms with E-state index in [1.54, 1.807) is 11.3 Å². The Morgan fingerprint density at radius 1 is 1.16 bits per heavy atom. The van der Waals surface area contributed by atoms with E-state index in [9.17, 15) is 0 Å². The Labute approximate surface area is 123 Å². The van der Waals surface area contributed by atoms with Crippen molar-refractivity contribution < 1.29 is 4.74 Å². The largest absolute Gasteiger partial charge is 0.376 e. The van der Waals surface area contributed by atoms with Crippen LogP contribution in [0.25, 0.3) is 0 Å². The zero-order chi connectivity index (χ0) is 13.5. The lowest BCUT2D eigenvalue weighted by atomic mass is 10.3. The van der Waals surface area contributed by atoms with E-state index in [-0.39, 0.29) is 0 Å². The fourth-order valence-electron chi connectivity index (χ4n) is 1.70. The molecule has 2 aromatic rings. The summed E-state index contributed by atoms with van der Waals surface area (Å²) in [7, 11) is 0. The summed E-state index contributed by atoms with van der Waals surface area (Å²) < 4.78 is 5.73. The lowest BCUT2D eigenvalue weighted by Crippen LogP contribution is -2.21. The van der Waals surface area contributed by atoms with Gasteiger partial charge in [0.1, 0.15) is 0 Å². The van der Waals surface area contributed by atoms with Crippen molar-refractivity contribution in [3.05, 3.63) is 44.3 Å². The molecule has 2 rings (SSSR count). The Balaban J connectivity index is 1.65. The fourth-order valence-corrected chi connectivity index (χ4v) is 3.30. The van der Waals surface area contributed by atoms with Gasteiger partial charge in [-0.2, -0.15) is 0 Å². The molecule has 0 aromatic carbocycles. The molecular formula is C15H21NOS2. The molecule has 0 amide bonds. The Bertz CT molecular complexity index is 462. The summed E-state index contributed by atoms with van der Waals surface area (Å²) in [6.07, 6.45) is 1.02. The molecule has 0 aliphatic carbocycles. The Hall–Kier alpha value is -0.680. The predicted molar refractivity (Wildman–Crippen MR) is 84.0 cm³/mol. The molecule has 0 aliphatic heterocycles. The van der Waals surface area contributed by atoms with Crippen LogP contribution in [0, 0.1) is 0 Å². The van der Waals surface area contributed by atoms with Crippen molar-refractivity contribution in [2.45, 2.75) is 39.5 Å². The van der Waals surface area contributed by atoms with E-state index in [1.165, 1.54) is 14.6 Å². The van der Waals surface area contributed by atoms with E-state index < -0.39 is 0 Å².